The number of ether oxygens (including phenoxy) is 1. The van der Waals surface area contributed by atoms with E-state index in [4.69, 9.17) is 9.84 Å². The van der Waals surface area contributed by atoms with Crippen LogP contribution in [0.5, 0.6) is 0 Å². The Hall–Kier alpha value is -0.690. The molecule has 1 fully saturated rings. The maximum absolute atomic E-state index is 10.7. The van der Waals surface area contributed by atoms with Gasteiger partial charge in [-0.05, 0) is 0 Å². The van der Waals surface area contributed by atoms with Crippen LogP contribution in [0.1, 0.15) is 13.3 Å². The summed E-state index contributed by atoms with van der Waals surface area (Å²) < 4.78 is 5.05. The van der Waals surface area contributed by atoms with Gasteiger partial charge in [0.05, 0.1) is 12.7 Å². The third kappa shape index (κ3) is 2.65. The van der Waals surface area contributed by atoms with E-state index in [0.717, 1.165) is 0 Å². The minimum absolute atomic E-state index is 0.0389. The van der Waals surface area contributed by atoms with Gasteiger partial charge in [-0.25, -0.2) is 0 Å². The number of hydrogen-bond donors (Lipinski definition) is 4. The van der Waals surface area contributed by atoms with Crippen molar-refractivity contribution in [1.29, 1.82) is 0 Å². The second kappa shape index (κ2) is 4.70. The maximum Gasteiger partial charge on any atom is 0.219 e. The van der Waals surface area contributed by atoms with E-state index < -0.39 is 24.9 Å². The number of carbonyl (C=O) groups is 1. The molecular formula is C8H14NO5. The number of rotatable bonds is 2. The predicted molar refractivity (Wildman–Crippen MR) is 45.6 cm³/mol. The largest absolute Gasteiger partial charge is 0.394 e. The molecule has 1 heterocycles. The zero-order chi connectivity index (χ0) is 10.7. The van der Waals surface area contributed by atoms with Crippen molar-refractivity contribution in [2.45, 2.75) is 31.7 Å². The van der Waals surface area contributed by atoms with Crippen molar-refractivity contribution in [3.8, 4) is 0 Å². The van der Waals surface area contributed by atoms with Crippen molar-refractivity contribution in [3.63, 3.8) is 0 Å². The average Bonchev–Trinajstić information content (AvgIpc) is 2.10. The lowest BCUT2D eigenvalue weighted by Crippen LogP contribution is -2.50. The van der Waals surface area contributed by atoms with E-state index in [0.29, 0.717) is 0 Å². The molecule has 1 radical (unpaired) electrons. The van der Waals surface area contributed by atoms with Gasteiger partial charge >= 0.3 is 0 Å². The monoisotopic (exact) mass is 204 g/mol. The summed E-state index contributed by atoms with van der Waals surface area (Å²) >= 11 is 0. The fraction of sp³-hybridized carbons (Fsp3) is 0.750. The quantitative estimate of drug-likeness (QED) is 0.422. The van der Waals surface area contributed by atoms with Gasteiger partial charge in [-0.15, -0.1) is 0 Å². The summed E-state index contributed by atoms with van der Waals surface area (Å²) in [5.41, 5.74) is 0. The molecule has 1 aliphatic heterocycles. The van der Waals surface area contributed by atoms with Crippen LogP contribution in [0.2, 0.25) is 0 Å². The number of amides is 1. The van der Waals surface area contributed by atoms with Crippen LogP contribution in [-0.4, -0.2) is 46.1 Å². The molecular weight excluding hydrogens is 190 g/mol. The number of aliphatic hydroxyl groups excluding tert-OH is 3. The second-order valence-corrected chi connectivity index (χ2v) is 3.21. The molecule has 0 unspecified atom stereocenters. The summed E-state index contributed by atoms with van der Waals surface area (Å²) in [6.45, 7) is 0.892. The van der Waals surface area contributed by atoms with Crippen LogP contribution < -0.4 is 5.32 Å². The van der Waals surface area contributed by atoms with E-state index in [-0.39, 0.29) is 18.6 Å². The average molecular weight is 204 g/mol. The van der Waals surface area contributed by atoms with Crippen molar-refractivity contribution in [1.82, 2.24) is 5.32 Å². The molecule has 1 saturated heterocycles. The zero-order valence-electron chi connectivity index (χ0n) is 7.80. The molecule has 1 rings (SSSR count). The molecule has 4 N–H and O–H groups in total. The molecule has 1 amide bonds. The summed E-state index contributed by atoms with van der Waals surface area (Å²) in [7, 11) is 0. The van der Waals surface area contributed by atoms with Gasteiger partial charge in [0.15, 0.2) is 6.23 Å². The molecule has 3 atom stereocenters. The second-order valence-electron chi connectivity index (χ2n) is 3.21. The Morgan fingerprint density at radius 3 is 2.79 bits per heavy atom. The Labute approximate surface area is 81.5 Å². The summed E-state index contributed by atoms with van der Waals surface area (Å²) in [6, 6.07) is 0. The van der Waals surface area contributed by atoms with Crippen LogP contribution in [0.4, 0.5) is 0 Å². The Balaban J connectivity index is 2.53. The first-order valence-corrected chi connectivity index (χ1v) is 4.31. The highest BCUT2D eigenvalue weighted by Gasteiger charge is 2.37. The third-order valence-corrected chi connectivity index (χ3v) is 1.96. The van der Waals surface area contributed by atoms with E-state index in [1.165, 1.54) is 6.92 Å². The topological polar surface area (TPSA) is 99.0 Å². The van der Waals surface area contributed by atoms with Crippen LogP contribution in [0.25, 0.3) is 0 Å². The van der Waals surface area contributed by atoms with Crippen molar-refractivity contribution in [3.05, 3.63) is 6.23 Å². The molecule has 0 bridgehead atoms. The summed E-state index contributed by atoms with van der Waals surface area (Å²) in [5.74, 6) is -0.319. The first-order valence-electron chi connectivity index (χ1n) is 4.31. The molecule has 0 aromatic heterocycles. The maximum atomic E-state index is 10.7. The number of aliphatic hydroxyl groups is 3. The van der Waals surface area contributed by atoms with Crippen LogP contribution in [0, 0.1) is 6.23 Å². The lowest BCUT2D eigenvalue weighted by Gasteiger charge is -2.35. The van der Waals surface area contributed by atoms with E-state index in [1.807, 2.05) is 0 Å². The molecule has 81 valence electrons. The molecule has 0 aromatic carbocycles. The molecule has 1 aliphatic rings. The standard InChI is InChI=1S/C8H14NO5/c1-4(11)9-7-2-5(12)8(13)6(3-10)14-7/h5-6,8,10,12-13H,2-3H2,1H3,(H,9,11)/t5-,6-,8-/m1/s1. The molecule has 0 aliphatic carbocycles. The van der Waals surface area contributed by atoms with Crippen molar-refractivity contribution >= 4 is 5.91 Å². The fourth-order valence-corrected chi connectivity index (χ4v) is 1.28. The van der Waals surface area contributed by atoms with Gasteiger partial charge in [-0.3, -0.25) is 4.79 Å². The van der Waals surface area contributed by atoms with Crippen LogP contribution in [0.15, 0.2) is 0 Å². The highest BCUT2D eigenvalue weighted by Crippen LogP contribution is 2.23. The fourth-order valence-electron chi connectivity index (χ4n) is 1.28. The number of carbonyl (C=O) groups excluding carboxylic acids is 1. The third-order valence-electron chi connectivity index (χ3n) is 1.96. The Kier molecular flexibility index (Phi) is 3.82. The van der Waals surface area contributed by atoms with Gasteiger partial charge in [0.25, 0.3) is 0 Å². The molecule has 0 aromatic rings. The van der Waals surface area contributed by atoms with Crippen molar-refractivity contribution in [2.75, 3.05) is 6.61 Å². The first kappa shape index (κ1) is 11.4. The molecule has 6 nitrogen and oxygen atoms in total. The lowest BCUT2D eigenvalue weighted by atomic mass is 10.0. The Morgan fingerprint density at radius 1 is 1.64 bits per heavy atom. The van der Waals surface area contributed by atoms with E-state index in [1.54, 1.807) is 0 Å². The van der Waals surface area contributed by atoms with E-state index in [2.05, 4.69) is 5.32 Å². The van der Waals surface area contributed by atoms with Crippen molar-refractivity contribution in [2.24, 2.45) is 0 Å². The molecule has 6 heteroatoms. The number of hydrogen-bond acceptors (Lipinski definition) is 5. The van der Waals surface area contributed by atoms with Gasteiger partial charge in [0.2, 0.25) is 5.91 Å². The highest BCUT2D eigenvalue weighted by molar-refractivity contribution is 5.74. The molecule has 0 spiro atoms. The minimum atomic E-state index is -1.13. The normalized spacial score (nSPS) is 34.1. The van der Waals surface area contributed by atoms with Gasteiger partial charge in [0.1, 0.15) is 12.2 Å². The summed E-state index contributed by atoms with van der Waals surface area (Å²) in [5, 5.41) is 29.9. The van der Waals surface area contributed by atoms with Gasteiger partial charge < -0.3 is 25.4 Å². The van der Waals surface area contributed by atoms with Crippen molar-refractivity contribution < 1.29 is 24.9 Å². The van der Waals surface area contributed by atoms with Crippen LogP contribution in [-0.2, 0) is 9.53 Å². The highest BCUT2D eigenvalue weighted by atomic mass is 16.5. The first-order chi connectivity index (χ1) is 6.54. The minimum Gasteiger partial charge on any atom is -0.394 e. The van der Waals surface area contributed by atoms with E-state index >= 15 is 0 Å². The van der Waals surface area contributed by atoms with Gasteiger partial charge in [-0.1, -0.05) is 0 Å². The summed E-state index contributed by atoms with van der Waals surface area (Å²) in [4.78, 5) is 10.7. The Morgan fingerprint density at radius 2 is 2.29 bits per heavy atom. The predicted octanol–water partition coefficient (Wildman–Crippen LogP) is -1.89. The van der Waals surface area contributed by atoms with Crippen LogP contribution in [0.3, 0.4) is 0 Å². The summed E-state index contributed by atoms with van der Waals surface area (Å²) in [6.07, 6.45) is -2.83. The van der Waals surface area contributed by atoms with Gasteiger partial charge in [0, 0.05) is 13.3 Å². The van der Waals surface area contributed by atoms with Gasteiger partial charge in [-0.2, -0.15) is 0 Å². The smallest absolute Gasteiger partial charge is 0.219 e. The number of nitrogens with one attached hydrogen (secondary N) is 1. The molecule has 0 saturated carbocycles. The lowest BCUT2D eigenvalue weighted by molar-refractivity contribution is -0.153. The van der Waals surface area contributed by atoms with E-state index in [9.17, 15) is 15.0 Å². The Bertz CT molecular complexity index is 210. The van der Waals surface area contributed by atoms with Crippen LogP contribution >= 0.6 is 0 Å². The zero-order valence-corrected chi connectivity index (χ0v) is 7.80. The molecule has 14 heavy (non-hydrogen) atoms. The SMILES string of the molecule is CC(=O)N[C]1C[C@@H](O)[C@@H](O)[C@@H](CO)O1.